The number of carbonyl (C=O) groups is 1. The van der Waals surface area contributed by atoms with Crippen LogP contribution in [-0.2, 0) is 10.0 Å². The Labute approximate surface area is 74.8 Å². The molecule has 0 aliphatic rings. The average Bonchev–Trinajstić information content (AvgIpc) is 2.30. The third-order valence-corrected chi connectivity index (χ3v) is 1.74. The van der Waals surface area contributed by atoms with Gasteiger partial charge in [-0.1, -0.05) is 0 Å². The molecule has 72 valence electrons. The zero-order chi connectivity index (χ0) is 10.1. The Kier molecular flexibility index (Phi) is 2.28. The molecule has 3 N–H and O–H groups in total. The van der Waals surface area contributed by atoms with Crippen molar-refractivity contribution < 1.29 is 17.6 Å². The van der Waals surface area contributed by atoms with E-state index in [9.17, 15) is 13.2 Å². The van der Waals surface area contributed by atoms with Crippen LogP contribution in [0.25, 0.3) is 0 Å². The molecule has 1 amide bonds. The summed E-state index contributed by atoms with van der Waals surface area (Å²) in [6.45, 7) is 0. The first kappa shape index (κ1) is 9.59. The van der Waals surface area contributed by atoms with Gasteiger partial charge in [-0.05, 0) is 0 Å². The number of rotatable bonds is 2. The van der Waals surface area contributed by atoms with Gasteiger partial charge < -0.3 is 10.2 Å². The van der Waals surface area contributed by atoms with Crippen LogP contribution in [0.3, 0.4) is 0 Å². The highest BCUT2D eigenvalue weighted by atomic mass is 32.2. The van der Waals surface area contributed by atoms with Gasteiger partial charge in [0.25, 0.3) is 0 Å². The van der Waals surface area contributed by atoms with Gasteiger partial charge in [-0.3, -0.25) is 4.79 Å². The Hall–Kier alpha value is -1.50. The highest BCUT2D eigenvalue weighted by molar-refractivity contribution is 7.89. The van der Waals surface area contributed by atoms with Gasteiger partial charge in [0.15, 0.2) is 0 Å². The predicted molar refractivity (Wildman–Crippen MR) is 45.4 cm³/mol. The van der Waals surface area contributed by atoms with Crippen LogP contribution in [0.1, 0.15) is 10.6 Å². The van der Waals surface area contributed by atoms with Crippen molar-refractivity contribution in [2.75, 3.05) is 12.0 Å². The van der Waals surface area contributed by atoms with Crippen molar-refractivity contribution in [2.45, 2.75) is 0 Å². The Balaban J connectivity index is 2.88. The number of hydrogen-bond acceptors (Lipinski definition) is 5. The molecule has 0 fully saturated rings. The summed E-state index contributed by atoms with van der Waals surface area (Å²) in [7, 11) is -3.58. The van der Waals surface area contributed by atoms with Crippen molar-refractivity contribution in [3.63, 3.8) is 0 Å². The monoisotopic (exact) mass is 204 g/mol. The molecule has 0 atom stereocenters. The molecule has 0 unspecified atom stereocenters. The third kappa shape index (κ3) is 2.48. The zero-order valence-electron chi connectivity index (χ0n) is 6.77. The van der Waals surface area contributed by atoms with Gasteiger partial charge in [-0.15, -0.1) is 0 Å². The first-order chi connectivity index (χ1) is 5.90. The minimum Gasteiger partial charge on any atom is -0.457 e. The second kappa shape index (κ2) is 3.09. The topological polar surface area (TPSA) is 102 Å². The minimum absolute atomic E-state index is 0.0983. The number of hydrogen-bond donors (Lipinski definition) is 2. The van der Waals surface area contributed by atoms with E-state index in [1.54, 1.807) is 4.72 Å². The zero-order valence-corrected chi connectivity index (χ0v) is 7.59. The SMILES string of the molecule is CS(=O)(=O)NC(=O)c1occc1N. The minimum atomic E-state index is -3.58. The fourth-order valence-corrected chi connectivity index (χ4v) is 1.15. The van der Waals surface area contributed by atoms with E-state index in [0.717, 1.165) is 6.26 Å². The van der Waals surface area contributed by atoms with Gasteiger partial charge in [0, 0.05) is 6.07 Å². The molecule has 0 bridgehead atoms. The van der Waals surface area contributed by atoms with E-state index in [-0.39, 0.29) is 11.4 Å². The number of amides is 1. The molecular formula is C6H8N2O4S. The molecule has 0 aliphatic carbocycles. The standard InChI is InChI=1S/C6H8N2O4S/c1-13(10,11)8-6(9)5-4(7)2-3-12-5/h2-3H,7H2,1H3,(H,8,9). The van der Waals surface area contributed by atoms with Gasteiger partial charge >= 0.3 is 5.91 Å². The number of nitrogen functional groups attached to an aromatic ring is 1. The van der Waals surface area contributed by atoms with Gasteiger partial charge in [0.2, 0.25) is 15.8 Å². The number of nitrogens with two attached hydrogens (primary N) is 1. The molecule has 0 spiro atoms. The van der Waals surface area contributed by atoms with Crippen LogP contribution in [0.2, 0.25) is 0 Å². The average molecular weight is 204 g/mol. The van der Waals surface area contributed by atoms with E-state index in [2.05, 4.69) is 4.42 Å². The first-order valence-electron chi connectivity index (χ1n) is 3.25. The Morgan fingerprint density at radius 3 is 2.62 bits per heavy atom. The van der Waals surface area contributed by atoms with Gasteiger partial charge in [0.1, 0.15) is 0 Å². The van der Waals surface area contributed by atoms with Crippen molar-refractivity contribution >= 4 is 21.6 Å². The summed E-state index contributed by atoms with van der Waals surface area (Å²) in [5, 5.41) is 0. The maximum absolute atomic E-state index is 11.1. The van der Waals surface area contributed by atoms with Gasteiger partial charge in [0.05, 0.1) is 18.2 Å². The largest absolute Gasteiger partial charge is 0.457 e. The Morgan fingerprint density at radius 1 is 1.62 bits per heavy atom. The molecule has 1 heterocycles. The molecule has 13 heavy (non-hydrogen) atoms. The highest BCUT2D eigenvalue weighted by Gasteiger charge is 2.16. The number of sulfonamides is 1. The third-order valence-electron chi connectivity index (χ3n) is 1.18. The summed E-state index contributed by atoms with van der Waals surface area (Å²) >= 11 is 0. The van der Waals surface area contributed by atoms with Gasteiger partial charge in [-0.25, -0.2) is 13.1 Å². The first-order valence-corrected chi connectivity index (χ1v) is 5.14. The number of carbonyl (C=O) groups excluding carboxylic acids is 1. The van der Waals surface area contributed by atoms with Crippen LogP contribution in [0.5, 0.6) is 0 Å². The van der Waals surface area contributed by atoms with E-state index < -0.39 is 15.9 Å². The molecule has 0 radical (unpaired) electrons. The van der Waals surface area contributed by atoms with Crippen LogP contribution in [0.15, 0.2) is 16.7 Å². The van der Waals surface area contributed by atoms with Crippen molar-refractivity contribution in [1.29, 1.82) is 0 Å². The maximum atomic E-state index is 11.1. The molecular weight excluding hydrogens is 196 g/mol. The molecule has 1 aromatic heterocycles. The molecule has 0 saturated carbocycles. The molecule has 0 aliphatic heterocycles. The summed E-state index contributed by atoms with van der Waals surface area (Å²) in [5.41, 5.74) is 5.41. The molecule has 1 rings (SSSR count). The Bertz CT molecular complexity index is 420. The van der Waals surface area contributed by atoms with E-state index in [1.165, 1.54) is 12.3 Å². The quantitative estimate of drug-likeness (QED) is 0.679. The summed E-state index contributed by atoms with van der Waals surface area (Å²) in [5.74, 6) is -1.07. The fourth-order valence-electron chi connectivity index (χ4n) is 0.718. The van der Waals surface area contributed by atoms with E-state index in [0.29, 0.717) is 0 Å². The molecule has 0 saturated heterocycles. The lowest BCUT2D eigenvalue weighted by Gasteiger charge is -1.99. The van der Waals surface area contributed by atoms with Crippen LogP contribution in [0, 0.1) is 0 Å². The van der Waals surface area contributed by atoms with Gasteiger partial charge in [-0.2, -0.15) is 0 Å². The van der Waals surface area contributed by atoms with E-state index in [4.69, 9.17) is 5.73 Å². The highest BCUT2D eigenvalue weighted by Crippen LogP contribution is 2.11. The van der Waals surface area contributed by atoms with Crippen LogP contribution in [-0.4, -0.2) is 20.6 Å². The second-order valence-corrected chi connectivity index (χ2v) is 4.16. The fraction of sp³-hybridized carbons (Fsp3) is 0.167. The Morgan fingerprint density at radius 2 is 2.23 bits per heavy atom. The summed E-state index contributed by atoms with van der Waals surface area (Å²) in [6, 6.07) is 1.36. The lowest BCUT2D eigenvalue weighted by molar-refractivity contribution is 0.0956. The molecule has 0 aromatic carbocycles. The summed E-state index contributed by atoms with van der Waals surface area (Å²) < 4.78 is 27.7. The van der Waals surface area contributed by atoms with Crippen LogP contribution < -0.4 is 10.5 Å². The molecule has 1 aromatic rings. The number of nitrogens with one attached hydrogen (secondary N) is 1. The van der Waals surface area contributed by atoms with E-state index in [1.807, 2.05) is 0 Å². The van der Waals surface area contributed by atoms with E-state index >= 15 is 0 Å². The lowest BCUT2D eigenvalue weighted by atomic mass is 10.4. The number of anilines is 1. The van der Waals surface area contributed by atoms with Crippen molar-refractivity contribution in [1.82, 2.24) is 4.72 Å². The maximum Gasteiger partial charge on any atom is 0.302 e. The second-order valence-electron chi connectivity index (χ2n) is 2.41. The number of furan rings is 1. The molecule has 6 nitrogen and oxygen atoms in total. The van der Waals surface area contributed by atoms with Crippen molar-refractivity contribution in [3.8, 4) is 0 Å². The lowest BCUT2D eigenvalue weighted by Crippen LogP contribution is -2.29. The summed E-state index contributed by atoms with van der Waals surface area (Å²) in [4.78, 5) is 11.1. The van der Waals surface area contributed by atoms with Crippen LogP contribution in [0.4, 0.5) is 5.69 Å². The molecule has 7 heteroatoms. The van der Waals surface area contributed by atoms with Crippen molar-refractivity contribution in [3.05, 3.63) is 18.1 Å². The van der Waals surface area contributed by atoms with Crippen LogP contribution >= 0.6 is 0 Å². The van der Waals surface area contributed by atoms with Crippen molar-refractivity contribution in [2.24, 2.45) is 0 Å². The normalized spacial score (nSPS) is 11.2. The smallest absolute Gasteiger partial charge is 0.302 e. The summed E-state index contributed by atoms with van der Waals surface area (Å²) in [6.07, 6.45) is 2.07. The predicted octanol–water partition coefficient (Wildman–Crippen LogP) is -0.449.